The molecular weight excluding hydrogens is 328 g/mol. The Hall–Kier alpha value is -1.57. The maximum atomic E-state index is 14.0. The average molecular weight is 351 g/mol. The van der Waals surface area contributed by atoms with Gasteiger partial charge in [0.15, 0.2) is 0 Å². The minimum atomic E-state index is -0.624. The molecule has 3 aliphatic heterocycles. The van der Waals surface area contributed by atoms with Crippen LogP contribution < -0.4 is 5.73 Å². The van der Waals surface area contributed by atoms with Crippen molar-refractivity contribution in [2.45, 2.75) is 37.6 Å². The van der Waals surface area contributed by atoms with Gasteiger partial charge in [0.2, 0.25) is 5.91 Å². The lowest BCUT2D eigenvalue weighted by molar-refractivity contribution is -0.127. The minimum Gasteiger partial charge on any atom is -0.370 e. The summed E-state index contributed by atoms with van der Waals surface area (Å²) in [6, 6.07) is 3.52. The number of ether oxygens (including phenoxy) is 1. The Morgan fingerprint density at radius 2 is 2.08 bits per heavy atom. The van der Waals surface area contributed by atoms with Crippen LogP contribution in [0.4, 0.5) is 8.78 Å². The van der Waals surface area contributed by atoms with E-state index < -0.39 is 17.7 Å². The van der Waals surface area contributed by atoms with Gasteiger partial charge in [-0.15, -0.1) is 0 Å². The molecule has 4 rings (SSSR count). The fourth-order valence-corrected chi connectivity index (χ4v) is 4.48. The number of halogens is 2. The molecule has 2 unspecified atom stereocenters. The van der Waals surface area contributed by atoms with Gasteiger partial charge in [0.05, 0.1) is 6.61 Å². The van der Waals surface area contributed by atoms with E-state index >= 15 is 0 Å². The normalized spacial score (nSPS) is 35.4. The number of hydrogen-bond acceptors (Lipinski definition) is 4. The van der Waals surface area contributed by atoms with Gasteiger partial charge in [0.25, 0.3) is 0 Å². The van der Waals surface area contributed by atoms with E-state index in [9.17, 15) is 13.6 Å². The first-order valence-corrected chi connectivity index (χ1v) is 8.77. The molecule has 0 aromatic heterocycles. The fourth-order valence-electron chi connectivity index (χ4n) is 4.48. The number of benzene rings is 1. The molecule has 3 fully saturated rings. The van der Waals surface area contributed by atoms with E-state index in [4.69, 9.17) is 10.5 Å². The Balaban J connectivity index is 1.41. The number of amides is 1. The number of fused-ring (bicyclic) bond motifs is 1. The van der Waals surface area contributed by atoms with E-state index in [0.717, 1.165) is 31.8 Å². The fraction of sp³-hybridized carbons (Fsp3) is 0.611. The maximum absolute atomic E-state index is 14.0. The molecule has 7 heteroatoms. The molecule has 0 spiro atoms. The highest BCUT2D eigenvalue weighted by atomic mass is 19.1. The van der Waals surface area contributed by atoms with Gasteiger partial charge < -0.3 is 15.4 Å². The molecule has 1 amide bonds. The van der Waals surface area contributed by atoms with Crippen LogP contribution in [0.1, 0.15) is 25.0 Å². The molecule has 136 valence electrons. The summed E-state index contributed by atoms with van der Waals surface area (Å²) in [7, 11) is 0. The Morgan fingerprint density at radius 1 is 1.28 bits per heavy atom. The van der Waals surface area contributed by atoms with E-state index in [1.807, 2.05) is 4.90 Å². The van der Waals surface area contributed by atoms with Crippen molar-refractivity contribution < 1.29 is 18.3 Å². The van der Waals surface area contributed by atoms with Gasteiger partial charge in [0, 0.05) is 56.2 Å². The van der Waals surface area contributed by atoms with Gasteiger partial charge in [-0.1, -0.05) is 0 Å². The Kier molecular flexibility index (Phi) is 4.25. The van der Waals surface area contributed by atoms with Crippen LogP contribution in [0.3, 0.4) is 0 Å². The van der Waals surface area contributed by atoms with Gasteiger partial charge in [-0.3, -0.25) is 9.69 Å². The molecule has 5 atom stereocenters. The molecule has 0 saturated carbocycles. The summed E-state index contributed by atoms with van der Waals surface area (Å²) in [5.41, 5.74) is 6.44. The van der Waals surface area contributed by atoms with Crippen molar-refractivity contribution in [3.63, 3.8) is 0 Å². The van der Waals surface area contributed by atoms with Gasteiger partial charge in [-0.25, -0.2) is 8.78 Å². The van der Waals surface area contributed by atoms with Crippen molar-refractivity contribution in [1.29, 1.82) is 0 Å². The van der Waals surface area contributed by atoms with Crippen LogP contribution in [-0.4, -0.2) is 60.1 Å². The van der Waals surface area contributed by atoms with Crippen LogP contribution in [0, 0.1) is 17.6 Å². The third-order valence-corrected chi connectivity index (χ3v) is 5.86. The molecule has 0 radical (unpaired) electrons. The predicted molar refractivity (Wildman–Crippen MR) is 87.7 cm³/mol. The SMILES string of the molecule is CC(=O)N1CC2CN([C@H]3CO[C@H](c4cc(F)ccc4F)[C@@H](N)C3)C2C1. The zero-order chi connectivity index (χ0) is 17.7. The topological polar surface area (TPSA) is 58.8 Å². The highest BCUT2D eigenvalue weighted by Gasteiger charge is 2.50. The molecule has 0 aliphatic carbocycles. The van der Waals surface area contributed by atoms with Crippen LogP contribution in [0.15, 0.2) is 18.2 Å². The second kappa shape index (κ2) is 6.30. The number of likely N-dealkylation sites (tertiary alicyclic amines) is 2. The average Bonchev–Trinajstić information content (AvgIpc) is 2.88. The van der Waals surface area contributed by atoms with Crippen LogP contribution in [0.2, 0.25) is 0 Å². The van der Waals surface area contributed by atoms with E-state index in [0.29, 0.717) is 25.0 Å². The first kappa shape index (κ1) is 16.9. The number of carbonyl (C=O) groups excluding carboxylic acids is 1. The number of carbonyl (C=O) groups is 1. The van der Waals surface area contributed by atoms with Crippen molar-refractivity contribution in [2.24, 2.45) is 11.7 Å². The van der Waals surface area contributed by atoms with Gasteiger partial charge in [-0.2, -0.15) is 0 Å². The molecule has 2 N–H and O–H groups in total. The largest absolute Gasteiger partial charge is 0.370 e. The Labute approximate surface area is 145 Å². The lowest BCUT2D eigenvalue weighted by Gasteiger charge is -2.50. The zero-order valence-corrected chi connectivity index (χ0v) is 14.2. The van der Waals surface area contributed by atoms with Crippen molar-refractivity contribution in [1.82, 2.24) is 9.80 Å². The van der Waals surface area contributed by atoms with Gasteiger partial charge in [0.1, 0.15) is 17.7 Å². The second-order valence-corrected chi connectivity index (χ2v) is 7.42. The second-order valence-electron chi connectivity index (χ2n) is 7.42. The molecule has 1 aromatic carbocycles. The lowest BCUT2D eigenvalue weighted by atomic mass is 9.86. The molecular formula is C18H23F2N3O2. The molecule has 3 aliphatic rings. The minimum absolute atomic E-state index is 0.118. The first-order chi connectivity index (χ1) is 11.9. The lowest BCUT2D eigenvalue weighted by Crippen LogP contribution is -2.63. The summed E-state index contributed by atoms with van der Waals surface area (Å²) in [6.07, 6.45) is 0.0468. The van der Waals surface area contributed by atoms with Crippen LogP contribution in [0.25, 0.3) is 0 Å². The smallest absolute Gasteiger partial charge is 0.219 e. The third kappa shape index (κ3) is 2.94. The zero-order valence-electron chi connectivity index (χ0n) is 14.2. The molecule has 3 saturated heterocycles. The molecule has 0 bridgehead atoms. The first-order valence-electron chi connectivity index (χ1n) is 8.77. The summed E-state index contributed by atoms with van der Waals surface area (Å²) < 4.78 is 33.3. The van der Waals surface area contributed by atoms with Crippen molar-refractivity contribution in [3.05, 3.63) is 35.4 Å². The Morgan fingerprint density at radius 3 is 2.80 bits per heavy atom. The summed E-state index contributed by atoms with van der Waals surface area (Å²) in [5.74, 6) is -0.335. The van der Waals surface area contributed by atoms with Gasteiger partial charge in [-0.05, 0) is 24.6 Å². The predicted octanol–water partition coefficient (Wildman–Crippen LogP) is 1.28. The molecule has 3 heterocycles. The standard InChI is InChI=1S/C18H23F2N3O2/c1-10(24)22-6-11-7-23(17(11)8-22)13-5-16(21)18(25-9-13)14-4-12(19)2-3-15(14)20/h2-4,11,13,16-18H,5-9,21H2,1H3/t11?,13-,16+,17?,18-/m1/s1. The van der Waals surface area contributed by atoms with E-state index in [-0.39, 0.29) is 23.6 Å². The molecule has 25 heavy (non-hydrogen) atoms. The number of nitrogens with two attached hydrogens (primary N) is 1. The van der Waals surface area contributed by atoms with E-state index in [2.05, 4.69) is 4.90 Å². The third-order valence-electron chi connectivity index (χ3n) is 5.86. The number of nitrogens with zero attached hydrogens (tertiary/aromatic N) is 2. The summed E-state index contributed by atoms with van der Waals surface area (Å²) in [5, 5.41) is 0. The molecule has 5 nitrogen and oxygen atoms in total. The monoisotopic (exact) mass is 351 g/mol. The summed E-state index contributed by atoms with van der Waals surface area (Å²) in [6.45, 7) is 4.57. The van der Waals surface area contributed by atoms with Crippen molar-refractivity contribution in [3.8, 4) is 0 Å². The van der Waals surface area contributed by atoms with Crippen LogP contribution >= 0.6 is 0 Å². The van der Waals surface area contributed by atoms with E-state index in [1.165, 1.54) is 6.07 Å². The molecule has 1 aromatic rings. The van der Waals surface area contributed by atoms with Gasteiger partial charge >= 0.3 is 0 Å². The maximum Gasteiger partial charge on any atom is 0.219 e. The van der Waals surface area contributed by atoms with E-state index in [1.54, 1.807) is 6.92 Å². The van der Waals surface area contributed by atoms with Crippen molar-refractivity contribution in [2.75, 3.05) is 26.2 Å². The van der Waals surface area contributed by atoms with Crippen LogP contribution in [-0.2, 0) is 9.53 Å². The quantitative estimate of drug-likeness (QED) is 0.872. The summed E-state index contributed by atoms with van der Waals surface area (Å²) in [4.78, 5) is 15.8. The number of hydrogen-bond donors (Lipinski definition) is 1. The van der Waals surface area contributed by atoms with Crippen LogP contribution in [0.5, 0.6) is 0 Å². The van der Waals surface area contributed by atoms with Crippen molar-refractivity contribution >= 4 is 5.91 Å². The Bertz CT molecular complexity index is 686. The highest BCUT2D eigenvalue weighted by molar-refractivity contribution is 5.73. The number of rotatable bonds is 2. The summed E-state index contributed by atoms with van der Waals surface area (Å²) >= 11 is 0. The highest BCUT2D eigenvalue weighted by Crippen LogP contribution is 2.38.